The van der Waals surface area contributed by atoms with Gasteiger partial charge in [0.15, 0.2) is 0 Å². The van der Waals surface area contributed by atoms with Gasteiger partial charge in [-0.15, -0.1) is 6.42 Å². The number of carbonyl (C=O) groups is 2. The molecule has 1 atom stereocenters. The molecule has 2 amide bonds. The van der Waals surface area contributed by atoms with Gasteiger partial charge in [0.25, 0.3) is 0 Å². The lowest BCUT2D eigenvalue weighted by atomic mass is 10.1. The lowest BCUT2D eigenvalue weighted by Gasteiger charge is -2.24. The smallest absolute Gasteiger partial charge is 0.318 e. The molecule has 5 nitrogen and oxygen atoms in total. The van der Waals surface area contributed by atoms with E-state index >= 15 is 0 Å². The zero-order valence-electron chi connectivity index (χ0n) is 11.4. The second-order valence-corrected chi connectivity index (χ2v) is 5.06. The van der Waals surface area contributed by atoms with Crippen molar-refractivity contribution in [2.75, 3.05) is 13.1 Å². The maximum absolute atomic E-state index is 12.1. The molecule has 1 aliphatic carbocycles. The van der Waals surface area contributed by atoms with Gasteiger partial charge in [-0.1, -0.05) is 19.3 Å². The van der Waals surface area contributed by atoms with E-state index in [4.69, 9.17) is 11.5 Å². The SMILES string of the molecule is C#CCN(CC1CC1)C(=O)NC(CCC)CC(=O)O. The second-order valence-electron chi connectivity index (χ2n) is 5.06. The Hall–Kier alpha value is -1.70. The quantitative estimate of drug-likeness (QED) is 0.657. The summed E-state index contributed by atoms with van der Waals surface area (Å²) in [7, 11) is 0. The number of rotatable bonds is 8. The van der Waals surface area contributed by atoms with Crippen LogP contribution in [0.3, 0.4) is 0 Å². The molecule has 0 saturated heterocycles. The van der Waals surface area contributed by atoms with Crippen LogP contribution in [0.25, 0.3) is 0 Å². The molecule has 106 valence electrons. The third-order valence-corrected chi connectivity index (χ3v) is 3.13. The van der Waals surface area contributed by atoms with Crippen LogP contribution < -0.4 is 5.32 Å². The number of carbonyl (C=O) groups excluding carboxylic acids is 1. The predicted octanol–water partition coefficient (Wildman–Crippen LogP) is 1.68. The minimum Gasteiger partial charge on any atom is -0.481 e. The summed E-state index contributed by atoms with van der Waals surface area (Å²) in [6.45, 7) is 2.90. The molecule has 0 bridgehead atoms. The van der Waals surface area contributed by atoms with Gasteiger partial charge < -0.3 is 15.3 Å². The van der Waals surface area contributed by atoms with Gasteiger partial charge in [0, 0.05) is 12.6 Å². The number of hydrogen-bond acceptors (Lipinski definition) is 2. The number of nitrogens with one attached hydrogen (secondary N) is 1. The van der Waals surface area contributed by atoms with Crippen LogP contribution in [0.15, 0.2) is 0 Å². The summed E-state index contributed by atoms with van der Waals surface area (Å²) in [6, 6.07) is -0.570. The van der Waals surface area contributed by atoms with Crippen molar-refractivity contribution in [3.63, 3.8) is 0 Å². The molecule has 1 unspecified atom stereocenters. The summed E-state index contributed by atoms with van der Waals surface area (Å²) < 4.78 is 0. The van der Waals surface area contributed by atoms with E-state index in [9.17, 15) is 9.59 Å². The molecule has 0 heterocycles. The summed E-state index contributed by atoms with van der Waals surface area (Å²) in [5.74, 6) is 2.14. The van der Waals surface area contributed by atoms with Crippen molar-refractivity contribution >= 4 is 12.0 Å². The standard InChI is InChI=1S/C14H22N2O3/c1-3-5-12(9-13(17)18)15-14(19)16(8-4-2)10-11-6-7-11/h2,11-12H,3,5-10H2,1H3,(H,15,19)(H,17,18). The van der Waals surface area contributed by atoms with Gasteiger partial charge in [0.2, 0.25) is 0 Å². The predicted molar refractivity (Wildman–Crippen MR) is 72.6 cm³/mol. The molecule has 5 heteroatoms. The molecule has 0 spiro atoms. The Bertz CT molecular complexity index is 358. The first-order valence-electron chi connectivity index (χ1n) is 6.77. The van der Waals surface area contributed by atoms with E-state index in [0.29, 0.717) is 18.9 Å². The molecule has 0 radical (unpaired) electrons. The minimum atomic E-state index is -0.899. The van der Waals surface area contributed by atoms with E-state index in [1.165, 1.54) is 0 Å². The lowest BCUT2D eigenvalue weighted by molar-refractivity contribution is -0.137. The topological polar surface area (TPSA) is 69.6 Å². The van der Waals surface area contributed by atoms with Crippen molar-refractivity contribution in [1.29, 1.82) is 0 Å². The third kappa shape index (κ3) is 6.14. The fraction of sp³-hybridized carbons (Fsp3) is 0.714. The summed E-state index contributed by atoms with van der Waals surface area (Å²) >= 11 is 0. The van der Waals surface area contributed by atoms with Crippen LogP contribution in [-0.4, -0.2) is 41.1 Å². The molecular weight excluding hydrogens is 244 g/mol. The van der Waals surface area contributed by atoms with Crippen molar-refractivity contribution in [2.45, 2.75) is 45.1 Å². The molecular formula is C14H22N2O3. The van der Waals surface area contributed by atoms with Gasteiger partial charge in [-0.3, -0.25) is 4.79 Å². The molecule has 0 aromatic carbocycles. The highest BCUT2D eigenvalue weighted by Gasteiger charge is 2.27. The fourth-order valence-electron chi connectivity index (χ4n) is 1.99. The van der Waals surface area contributed by atoms with E-state index in [-0.39, 0.29) is 25.0 Å². The van der Waals surface area contributed by atoms with Gasteiger partial charge in [0.05, 0.1) is 13.0 Å². The monoisotopic (exact) mass is 266 g/mol. The van der Waals surface area contributed by atoms with Crippen LogP contribution >= 0.6 is 0 Å². The van der Waals surface area contributed by atoms with Crippen molar-refractivity contribution in [2.24, 2.45) is 5.92 Å². The Morgan fingerprint density at radius 1 is 1.53 bits per heavy atom. The highest BCUT2D eigenvalue weighted by Crippen LogP contribution is 2.29. The zero-order chi connectivity index (χ0) is 14.3. The number of urea groups is 1. The lowest BCUT2D eigenvalue weighted by Crippen LogP contribution is -2.46. The van der Waals surface area contributed by atoms with Crippen molar-refractivity contribution < 1.29 is 14.7 Å². The highest BCUT2D eigenvalue weighted by atomic mass is 16.4. The number of carboxylic acids is 1. The number of amides is 2. The number of nitrogens with zero attached hydrogens (tertiary/aromatic N) is 1. The van der Waals surface area contributed by atoms with E-state index in [1.807, 2.05) is 6.92 Å². The first-order valence-corrected chi connectivity index (χ1v) is 6.77. The molecule has 0 aromatic heterocycles. The number of terminal acetylenes is 1. The van der Waals surface area contributed by atoms with Gasteiger partial charge >= 0.3 is 12.0 Å². The molecule has 1 aliphatic rings. The summed E-state index contributed by atoms with van der Waals surface area (Å²) in [5.41, 5.74) is 0. The van der Waals surface area contributed by atoms with E-state index < -0.39 is 5.97 Å². The van der Waals surface area contributed by atoms with Crippen molar-refractivity contribution in [3.8, 4) is 12.3 Å². The van der Waals surface area contributed by atoms with Gasteiger partial charge in [-0.05, 0) is 25.2 Å². The first kappa shape index (κ1) is 15.4. The maximum atomic E-state index is 12.1. The van der Waals surface area contributed by atoms with E-state index in [2.05, 4.69) is 11.2 Å². The Labute approximate surface area is 114 Å². The average molecular weight is 266 g/mol. The fourth-order valence-corrected chi connectivity index (χ4v) is 1.99. The van der Waals surface area contributed by atoms with Gasteiger partial charge in [-0.25, -0.2) is 4.79 Å². The van der Waals surface area contributed by atoms with Crippen LogP contribution in [0.2, 0.25) is 0 Å². The zero-order valence-corrected chi connectivity index (χ0v) is 11.4. The van der Waals surface area contributed by atoms with E-state index in [1.54, 1.807) is 4.90 Å². The summed E-state index contributed by atoms with van der Waals surface area (Å²) in [4.78, 5) is 24.4. The molecule has 2 N–H and O–H groups in total. The van der Waals surface area contributed by atoms with Gasteiger partial charge in [0.1, 0.15) is 0 Å². The molecule has 19 heavy (non-hydrogen) atoms. The molecule has 0 aliphatic heterocycles. The average Bonchev–Trinajstić information content (AvgIpc) is 3.11. The Morgan fingerprint density at radius 2 is 2.21 bits per heavy atom. The van der Waals surface area contributed by atoms with Crippen LogP contribution in [-0.2, 0) is 4.79 Å². The number of carboxylic acid groups (broad SMARTS) is 1. The van der Waals surface area contributed by atoms with Crippen molar-refractivity contribution in [3.05, 3.63) is 0 Å². The van der Waals surface area contributed by atoms with Crippen LogP contribution in [0.5, 0.6) is 0 Å². The highest BCUT2D eigenvalue weighted by molar-refractivity contribution is 5.76. The van der Waals surface area contributed by atoms with Crippen molar-refractivity contribution in [1.82, 2.24) is 10.2 Å². The van der Waals surface area contributed by atoms with Gasteiger partial charge in [-0.2, -0.15) is 0 Å². The molecule has 1 saturated carbocycles. The molecule has 0 aromatic rings. The first-order chi connectivity index (χ1) is 9.06. The van der Waals surface area contributed by atoms with Crippen LogP contribution in [0, 0.1) is 18.3 Å². The normalized spacial score (nSPS) is 15.4. The third-order valence-electron chi connectivity index (χ3n) is 3.13. The Morgan fingerprint density at radius 3 is 2.68 bits per heavy atom. The molecule has 1 rings (SSSR count). The number of aliphatic carboxylic acids is 1. The van der Waals surface area contributed by atoms with Crippen LogP contribution in [0.4, 0.5) is 4.79 Å². The largest absolute Gasteiger partial charge is 0.481 e. The Balaban J connectivity index is 2.50. The summed E-state index contributed by atoms with van der Waals surface area (Å²) in [5, 5.41) is 11.6. The number of hydrogen-bond donors (Lipinski definition) is 2. The summed E-state index contributed by atoms with van der Waals surface area (Å²) in [6.07, 6.45) is 8.99. The minimum absolute atomic E-state index is 0.0487. The molecule has 1 fully saturated rings. The second kappa shape index (κ2) is 7.67. The van der Waals surface area contributed by atoms with E-state index in [0.717, 1.165) is 19.3 Å². The maximum Gasteiger partial charge on any atom is 0.318 e. The van der Waals surface area contributed by atoms with Crippen LogP contribution in [0.1, 0.15) is 39.0 Å². The Kier molecular flexibility index (Phi) is 6.20.